The molecule has 1 saturated heterocycles. The second-order valence-corrected chi connectivity index (χ2v) is 9.02. The van der Waals surface area contributed by atoms with Crippen LogP contribution in [-0.2, 0) is 23.9 Å². The van der Waals surface area contributed by atoms with E-state index in [4.69, 9.17) is 9.47 Å². The number of fused-ring (bicyclic) bond motifs is 1. The average Bonchev–Trinajstić information content (AvgIpc) is 3.33. The van der Waals surface area contributed by atoms with Crippen LogP contribution < -0.4 is 15.0 Å². The van der Waals surface area contributed by atoms with Gasteiger partial charge in [-0.3, -0.25) is 19.6 Å². The number of morpholine rings is 1. The maximum Gasteiger partial charge on any atom is 0.416 e. The zero-order valence-electron chi connectivity index (χ0n) is 20.3. The van der Waals surface area contributed by atoms with Gasteiger partial charge in [-0.15, -0.1) is 0 Å². The molecule has 0 atom stereocenters. The van der Waals surface area contributed by atoms with Gasteiger partial charge >= 0.3 is 12.2 Å². The SMILES string of the molecule is O=Cc1cc(Oc2ccc3c(c2)CCN3C(=O)Nc2ccc(CN3CCOCC3)c(C(F)(F)F)c2)ccn1. The highest BCUT2D eigenvalue weighted by atomic mass is 19.4. The number of hydrogen-bond acceptors (Lipinski definition) is 6. The molecular formula is C27H25F3N4O4. The summed E-state index contributed by atoms with van der Waals surface area (Å²) in [7, 11) is 0. The summed E-state index contributed by atoms with van der Waals surface area (Å²) in [5.74, 6) is 0.979. The number of alkyl halides is 3. The molecule has 8 nitrogen and oxygen atoms in total. The van der Waals surface area contributed by atoms with Crippen LogP contribution in [0.4, 0.5) is 29.3 Å². The summed E-state index contributed by atoms with van der Waals surface area (Å²) in [6, 6.07) is 11.7. The Balaban J connectivity index is 1.29. The molecule has 0 bridgehead atoms. The van der Waals surface area contributed by atoms with Crippen LogP contribution in [0.15, 0.2) is 54.7 Å². The molecule has 0 spiro atoms. The summed E-state index contributed by atoms with van der Waals surface area (Å²) in [5, 5.41) is 2.62. The van der Waals surface area contributed by atoms with Crippen LogP contribution in [0, 0.1) is 0 Å². The molecule has 38 heavy (non-hydrogen) atoms. The van der Waals surface area contributed by atoms with Crippen LogP contribution in [-0.4, -0.2) is 55.0 Å². The molecule has 0 radical (unpaired) electrons. The molecule has 1 aromatic heterocycles. The number of nitrogens with zero attached hydrogens (tertiary/aromatic N) is 3. The van der Waals surface area contributed by atoms with Crippen molar-refractivity contribution in [1.82, 2.24) is 9.88 Å². The van der Waals surface area contributed by atoms with Crippen LogP contribution in [0.2, 0.25) is 0 Å². The number of ether oxygens (including phenoxy) is 2. The van der Waals surface area contributed by atoms with Gasteiger partial charge in [0.1, 0.15) is 17.2 Å². The molecular weight excluding hydrogens is 501 g/mol. The zero-order chi connectivity index (χ0) is 26.7. The van der Waals surface area contributed by atoms with Crippen molar-refractivity contribution in [1.29, 1.82) is 0 Å². The van der Waals surface area contributed by atoms with E-state index < -0.39 is 17.8 Å². The molecule has 0 unspecified atom stereocenters. The van der Waals surface area contributed by atoms with Gasteiger partial charge in [-0.25, -0.2) is 4.79 Å². The highest BCUT2D eigenvalue weighted by molar-refractivity contribution is 6.03. The first-order valence-corrected chi connectivity index (χ1v) is 12.1. The van der Waals surface area contributed by atoms with E-state index in [1.165, 1.54) is 29.3 Å². The lowest BCUT2D eigenvalue weighted by Crippen LogP contribution is -2.36. The van der Waals surface area contributed by atoms with Crippen molar-refractivity contribution in [2.45, 2.75) is 19.1 Å². The fourth-order valence-corrected chi connectivity index (χ4v) is 4.59. The van der Waals surface area contributed by atoms with Gasteiger partial charge in [0.2, 0.25) is 0 Å². The van der Waals surface area contributed by atoms with Gasteiger partial charge in [-0.2, -0.15) is 13.2 Å². The normalized spacial score (nSPS) is 15.7. The first-order chi connectivity index (χ1) is 18.3. The van der Waals surface area contributed by atoms with Gasteiger partial charge in [-0.05, 0) is 53.9 Å². The van der Waals surface area contributed by atoms with Gasteiger partial charge in [-0.1, -0.05) is 6.07 Å². The minimum absolute atomic E-state index is 0.0742. The van der Waals surface area contributed by atoms with Gasteiger partial charge in [0.05, 0.1) is 18.8 Å². The van der Waals surface area contributed by atoms with E-state index in [1.54, 1.807) is 24.3 Å². The Hall–Kier alpha value is -3.96. The predicted octanol–water partition coefficient (Wildman–Crippen LogP) is 5.13. The van der Waals surface area contributed by atoms with Gasteiger partial charge < -0.3 is 14.8 Å². The lowest BCUT2D eigenvalue weighted by molar-refractivity contribution is -0.138. The Bertz CT molecular complexity index is 1340. The van der Waals surface area contributed by atoms with Gasteiger partial charge in [0.15, 0.2) is 6.29 Å². The van der Waals surface area contributed by atoms with Gasteiger partial charge in [0.25, 0.3) is 0 Å². The first-order valence-electron chi connectivity index (χ1n) is 12.1. The molecule has 0 saturated carbocycles. The van der Waals surface area contributed by atoms with Crippen molar-refractivity contribution in [2.75, 3.05) is 43.1 Å². The largest absolute Gasteiger partial charge is 0.457 e. The van der Waals surface area contributed by atoms with E-state index in [0.29, 0.717) is 62.7 Å². The maximum absolute atomic E-state index is 13.9. The summed E-state index contributed by atoms with van der Waals surface area (Å²) < 4.78 is 52.7. The number of aldehydes is 1. The standard InChI is InChI=1S/C27H25F3N4O4/c28-27(29,30)24-15-20(2-1-19(24)16-33-9-11-37-12-10-33)32-26(36)34-8-6-18-13-22(3-4-25(18)34)38-23-5-7-31-21(14-23)17-35/h1-5,7,13-15,17H,6,8-12,16H2,(H,32,36). The molecule has 1 fully saturated rings. The quantitative estimate of drug-likeness (QED) is 0.449. The summed E-state index contributed by atoms with van der Waals surface area (Å²) in [4.78, 5) is 31.3. The Morgan fingerprint density at radius 1 is 1.05 bits per heavy atom. The third-order valence-corrected chi connectivity index (χ3v) is 6.46. The Morgan fingerprint density at radius 3 is 2.61 bits per heavy atom. The number of nitrogens with one attached hydrogen (secondary N) is 1. The molecule has 3 aromatic rings. The lowest BCUT2D eigenvalue weighted by Gasteiger charge is -2.28. The number of halogens is 3. The first kappa shape index (κ1) is 25.7. The second-order valence-electron chi connectivity index (χ2n) is 9.02. The van der Waals surface area contributed by atoms with Crippen LogP contribution in [0.3, 0.4) is 0 Å². The smallest absolute Gasteiger partial charge is 0.416 e. The summed E-state index contributed by atoms with van der Waals surface area (Å²) in [6.07, 6.45) is -1.90. The summed E-state index contributed by atoms with van der Waals surface area (Å²) in [6.45, 7) is 2.65. The highest BCUT2D eigenvalue weighted by Crippen LogP contribution is 2.36. The maximum atomic E-state index is 13.9. The third-order valence-electron chi connectivity index (χ3n) is 6.46. The number of amides is 2. The lowest BCUT2D eigenvalue weighted by atomic mass is 10.0. The monoisotopic (exact) mass is 526 g/mol. The molecule has 3 heterocycles. The molecule has 0 aliphatic carbocycles. The van der Waals surface area contributed by atoms with Crippen molar-refractivity contribution < 1.29 is 32.2 Å². The van der Waals surface area contributed by atoms with Crippen molar-refractivity contribution >= 4 is 23.7 Å². The fourth-order valence-electron chi connectivity index (χ4n) is 4.59. The van der Waals surface area contributed by atoms with Crippen molar-refractivity contribution in [3.63, 3.8) is 0 Å². The number of anilines is 2. The average molecular weight is 527 g/mol. The number of urea groups is 1. The number of aromatic nitrogens is 1. The number of pyridine rings is 1. The van der Waals surface area contributed by atoms with Crippen LogP contribution in [0.1, 0.15) is 27.2 Å². The minimum Gasteiger partial charge on any atom is -0.457 e. The van der Waals surface area contributed by atoms with Gasteiger partial charge in [0, 0.05) is 49.8 Å². The summed E-state index contributed by atoms with van der Waals surface area (Å²) >= 11 is 0. The molecule has 2 aromatic carbocycles. The zero-order valence-corrected chi connectivity index (χ0v) is 20.3. The van der Waals surface area contributed by atoms with Crippen LogP contribution in [0.5, 0.6) is 11.5 Å². The summed E-state index contributed by atoms with van der Waals surface area (Å²) in [5.41, 5.74) is 1.22. The van der Waals surface area contributed by atoms with E-state index in [2.05, 4.69) is 10.3 Å². The van der Waals surface area contributed by atoms with E-state index in [0.717, 1.165) is 11.6 Å². The topological polar surface area (TPSA) is 84.0 Å². The second kappa shape index (κ2) is 10.8. The highest BCUT2D eigenvalue weighted by Gasteiger charge is 2.34. The molecule has 2 aliphatic rings. The van der Waals surface area contributed by atoms with Crippen molar-refractivity contribution in [3.05, 3.63) is 77.1 Å². The molecule has 11 heteroatoms. The molecule has 198 valence electrons. The number of rotatable bonds is 6. The van der Waals surface area contributed by atoms with E-state index >= 15 is 0 Å². The Labute approximate surface area is 217 Å². The van der Waals surface area contributed by atoms with E-state index in [9.17, 15) is 22.8 Å². The number of carbonyl (C=O) groups excluding carboxylic acids is 2. The molecule has 2 amide bonds. The molecule has 1 N–H and O–H groups in total. The number of hydrogen-bond donors (Lipinski definition) is 1. The van der Waals surface area contributed by atoms with E-state index in [1.807, 2.05) is 4.90 Å². The predicted molar refractivity (Wildman–Crippen MR) is 134 cm³/mol. The van der Waals surface area contributed by atoms with Crippen molar-refractivity contribution in [3.8, 4) is 11.5 Å². The number of carbonyl (C=O) groups is 2. The third kappa shape index (κ3) is 5.79. The Morgan fingerprint density at radius 2 is 1.84 bits per heavy atom. The molecule has 2 aliphatic heterocycles. The van der Waals surface area contributed by atoms with Crippen molar-refractivity contribution in [2.24, 2.45) is 0 Å². The number of benzene rings is 2. The Kier molecular flexibility index (Phi) is 7.30. The fraction of sp³-hybridized carbons (Fsp3) is 0.296. The minimum atomic E-state index is -4.56. The van der Waals surface area contributed by atoms with Crippen LogP contribution >= 0.6 is 0 Å². The van der Waals surface area contributed by atoms with E-state index in [-0.39, 0.29) is 23.5 Å². The van der Waals surface area contributed by atoms with Crippen LogP contribution in [0.25, 0.3) is 0 Å². The molecule has 5 rings (SSSR count).